The minimum absolute atomic E-state index is 0.933. The molecular weight excluding hydrogens is 446 g/mol. The Morgan fingerprint density at radius 2 is 1.63 bits per heavy atom. The van der Waals surface area contributed by atoms with Gasteiger partial charge in [0.05, 0.1) is 16.7 Å². The average Bonchev–Trinajstić information content (AvgIpc) is 3.61. The molecule has 0 amide bonds. The molecule has 0 atom stereocenters. The van der Waals surface area contributed by atoms with Crippen molar-refractivity contribution >= 4 is 55.1 Å². The van der Waals surface area contributed by atoms with Crippen molar-refractivity contribution in [3.05, 3.63) is 108 Å². The first-order valence-corrected chi connectivity index (χ1v) is 12.6. The number of aromatic nitrogens is 3. The summed E-state index contributed by atoms with van der Waals surface area (Å²) in [7, 11) is 0. The SMILES string of the molecule is C1=Cc2c(sc3ccc(-c4cccc(-c5nc6ccccc6c6nc7ccccn7c56)c4)cc23)C1. The Morgan fingerprint density at radius 3 is 2.63 bits per heavy atom. The molecule has 0 spiro atoms. The van der Waals surface area contributed by atoms with E-state index in [0.29, 0.717) is 0 Å². The molecule has 0 N–H and O–H groups in total. The fourth-order valence-electron chi connectivity index (χ4n) is 5.37. The van der Waals surface area contributed by atoms with Gasteiger partial charge >= 0.3 is 0 Å². The highest BCUT2D eigenvalue weighted by atomic mass is 32.1. The van der Waals surface area contributed by atoms with Crippen molar-refractivity contribution in [3.63, 3.8) is 0 Å². The molecule has 0 saturated carbocycles. The molecule has 35 heavy (non-hydrogen) atoms. The van der Waals surface area contributed by atoms with Crippen LogP contribution in [0.1, 0.15) is 10.4 Å². The van der Waals surface area contributed by atoms with Gasteiger partial charge in [-0.25, -0.2) is 9.97 Å². The monoisotopic (exact) mass is 465 g/mol. The number of hydrogen-bond acceptors (Lipinski definition) is 3. The normalized spacial score (nSPS) is 12.9. The van der Waals surface area contributed by atoms with Gasteiger partial charge in [-0.15, -0.1) is 11.3 Å². The zero-order valence-electron chi connectivity index (χ0n) is 18.8. The Bertz CT molecular complexity index is 1990. The van der Waals surface area contributed by atoms with Crippen LogP contribution in [0.25, 0.3) is 66.1 Å². The summed E-state index contributed by atoms with van der Waals surface area (Å²) in [5.41, 5.74) is 9.81. The minimum atomic E-state index is 0.933. The molecule has 0 bridgehead atoms. The molecular formula is C31H19N3S. The molecule has 0 fully saturated rings. The van der Waals surface area contributed by atoms with E-state index >= 15 is 0 Å². The predicted octanol–water partition coefficient (Wildman–Crippen LogP) is 8.15. The lowest BCUT2D eigenvalue weighted by atomic mass is 9.99. The van der Waals surface area contributed by atoms with E-state index in [1.807, 2.05) is 29.5 Å². The van der Waals surface area contributed by atoms with Gasteiger partial charge in [0, 0.05) is 38.5 Å². The second-order valence-corrected chi connectivity index (χ2v) is 10.2. The average molecular weight is 466 g/mol. The highest BCUT2D eigenvalue weighted by Crippen LogP contribution is 2.39. The number of nitrogens with zero attached hydrogens (tertiary/aromatic N) is 3. The molecule has 0 saturated heterocycles. The van der Waals surface area contributed by atoms with Crippen LogP contribution in [0.3, 0.4) is 0 Å². The summed E-state index contributed by atoms with van der Waals surface area (Å²) in [5, 5.41) is 2.44. The van der Waals surface area contributed by atoms with Gasteiger partial charge in [-0.2, -0.15) is 0 Å². The molecule has 4 heteroatoms. The lowest BCUT2D eigenvalue weighted by Crippen LogP contribution is -1.92. The molecule has 3 nitrogen and oxygen atoms in total. The molecule has 4 heterocycles. The van der Waals surface area contributed by atoms with Crippen LogP contribution in [0.2, 0.25) is 0 Å². The van der Waals surface area contributed by atoms with Crippen molar-refractivity contribution in [2.24, 2.45) is 0 Å². The van der Waals surface area contributed by atoms with E-state index < -0.39 is 0 Å². The summed E-state index contributed by atoms with van der Waals surface area (Å²) in [6, 6.07) is 30.0. The number of imidazole rings is 1. The standard InChI is InChI=1S/C31H19N3S/c1-2-11-25-23(9-1)30-31(34-16-4-3-13-28(34)33-30)29(32-25)21-8-5-7-19(17-21)20-14-15-27-24(18-20)22-10-6-12-26(22)35-27/h1-11,13-18H,12H2. The summed E-state index contributed by atoms with van der Waals surface area (Å²) in [4.78, 5) is 11.6. The number of fused-ring (bicyclic) bond motifs is 8. The molecule has 4 aromatic heterocycles. The lowest BCUT2D eigenvalue weighted by molar-refractivity contribution is 1.22. The van der Waals surface area contributed by atoms with Crippen molar-refractivity contribution in [2.75, 3.05) is 0 Å². The van der Waals surface area contributed by atoms with E-state index in [0.717, 1.165) is 45.3 Å². The Labute approximate surface area is 205 Å². The molecule has 1 aliphatic rings. The number of benzene rings is 3. The number of thiophene rings is 1. The van der Waals surface area contributed by atoms with Crippen molar-refractivity contribution < 1.29 is 0 Å². The molecule has 3 aromatic carbocycles. The van der Waals surface area contributed by atoms with Crippen LogP contribution in [0, 0.1) is 0 Å². The number of pyridine rings is 2. The van der Waals surface area contributed by atoms with Crippen molar-refractivity contribution in [1.29, 1.82) is 0 Å². The van der Waals surface area contributed by atoms with Gasteiger partial charge in [0.2, 0.25) is 0 Å². The van der Waals surface area contributed by atoms with Crippen LogP contribution >= 0.6 is 11.3 Å². The fourth-order valence-corrected chi connectivity index (χ4v) is 6.51. The maximum atomic E-state index is 5.15. The van der Waals surface area contributed by atoms with Gasteiger partial charge in [-0.05, 0) is 53.1 Å². The van der Waals surface area contributed by atoms with Crippen LogP contribution in [0.15, 0.2) is 97.2 Å². The molecule has 0 radical (unpaired) electrons. The third kappa shape index (κ3) is 2.77. The van der Waals surface area contributed by atoms with Gasteiger partial charge in [0.15, 0.2) is 0 Å². The third-order valence-corrected chi connectivity index (χ3v) is 8.21. The highest BCUT2D eigenvalue weighted by molar-refractivity contribution is 7.19. The van der Waals surface area contributed by atoms with E-state index in [2.05, 4.69) is 89.5 Å². The van der Waals surface area contributed by atoms with Crippen molar-refractivity contribution in [2.45, 2.75) is 6.42 Å². The first-order chi connectivity index (χ1) is 17.3. The molecule has 0 unspecified atom stereocenters. The Balaban J connectivity index is 1.38. The van der Waals surface area contributed by atoms with Gasteiger partial charge in [0.1, 0.15) is 11.2 Å². The van der Waals surface area contributed by atoms with E-state index in [4.69, 9.17) is 9.97 Å². The molecule has 0 aliphatic heterocycles. The highest BCUT2D eigenvalue weighted by Gasteiger charge is 2.17. The number of para-hydroxylation sites is 1. The fraction of sp³-hybridized carbons (Fsp3) is 0.0323. The van der Waals surface area contributed by atoms with Crippen LogP contribution in [0.4, 0.5) is 0 Å². The Hall–Kier alpha value is -4.28. The van der Waals surface area contributed by atoms with Gasteiger partial charge in [-0.3, -0.25) is 4.40 Å². The minimum Gasteiger partial charge on any atom is -0.298 e. The third-order valence-electron chi connectivity index (χ3n) is 7.01. The summed E-state index contributed by atoms with van der Waals surface area (Å²) < 4.78 is 3.52. The zero-order valence-corrected chi connectivity index (χ0v) is 19.6. The van der Waals surface area contributed by atoms with E-state index in [1.54, 1.807) is 0 Å². The van der Waals surface area contributed by atoms with Crippen LogP contribution < -0.4 is 0 Å². The smallest absolute Gasteiger partial charge is 0.137 e. The molecule has 7 aromatic rings. The zero-order chi connectivity index (χ0) is 22.9. The van der Waals surface area contributed by atoms with Crippen LogP contribution in [0.5, 0.6) is 0 Å². The number of hydrogen-bond donors (Lipinski definition) is 0. The van der Waals surface area contributed by atoms with Crippen LogP contribution in [-0.2, 0) is 6.42 Å². The summed E-state index contributed by atoms with van der Waals surface area (Å²) in [6.07, 6.45) is 7.67. The number of allylic oxidation sites excluding steroid dienone is 1. The maximum absolute atomic E-state index is 5.15. The van der Waals surface area contributed by atoms with Gasteiger partial charge in [-0.1, -0.05) is 60.7 Å². The largest absolute Gasteiger partial charge is 0.298 e. The summed E-state index contributed by atoms with van der Waals surface area (Å²) >= 11 is 1.91. The quantitative estimate of drug-likeness (QED) is 0.258. The molecule has 8 rings (SSSR count). The lowest BCUT2D eigenvalue weighted by Gasteiger charge is -2.10. The first-order valence-electron chi connectivity index (χ1n) is 11.8. The first kappa shape index (κ1) is 19.1. The van der Waals surface area contributed by atoms with E-state index in [9.17, 15) is 0 Å². The summed E-state index contributed by atoms with van der Waals surface area (Å²) in [5.74, 6) is 0. The van der Waals surface area contributed by atoms with E-state index in [-0.39, 0.29) is 0 Å². The van der Waals surface area contributed by atoms with Crippen molar-refractivity contribution in [3.8, 4) is 22.4 Å². The predicted molar refractivity (Wildman–Crippen MR) is 147 cm³/mol. The maximum Gasteiger partial charge on any atom is 0.137 e. The van der Waals surface area contributed by atoms with E-state index in [1.165, 1.54) is 31.7 Å². The second kappa shape index (κ2) is 7.11. The Kier molecular flexibility index (Phi) is 3.87. The van der Waals surface area contributed by atoms with Gasteiger partial charge < -0.3 is 0 Å². The van der Waals surface area contributed by atoms with Crippen molar-refractivity contribution in [1.82, 2.24) is 14.4 Å². The Morgan fingerprint density at radius 1 is 0.743 bits per heavy atom. The second-order valence-electron chi connectivity index (χ2n) is 9.05. The number of rotatable bonds is 2. The topological polar surface area (TPSA) is 30.2 Å². The molecule has 1 aliphatic carbocycles. The molecule has 164 valence electrons. The summed E-state index contributed by atoms with van der Waals surface area (Å²) in [6.45, 7) is 0. The van der Waals surface area contributed by atoms with Gasteiger partial charge in [0.25, 0.3) is 0 Å². The van der Waals surface area contributed by atoms with Crippen LogP contribution in [-0.4, -0.2) is 14.4 Å².